The minimum absolute atomic E-state index is 0.0107. The van der Waals surface area contributed by atoms with E-state index in [-0.39, 0.29) is 36.3 Å². The molecule has 1 aromatic rings. The van der Waals surface area contributed by atoms with Gasteiger partial charge in [0.25, 0.3) is 0 Å². The van der Waals surface area contributed by atoms with Crippen LogP contribution in [-0.4, -0.2) is 73.5 Å². The SMILES string of the molecule is CC(C)NC(=O)N1CCN(c2ccc(NC(=O)CN(C)C(=O)C3CCC3)cc2)CC1. The fourth-order valence-electron chi connectivity index (χ4n) is 3.72. The van der Waals surface area contributed by atoms with Crippen molar-refractivity contribution in [2.24, 2.45) is 5.92 Å². The van der Waals surface area contributed by atoms with E-state index in [1.807, 2.05) is 43.0 Å². The van der Waals surface area contributed by atoms with Crippen LogP contribution in [0.3, 0.4) is 0 Å². The summed E-state index contributed by atoms with van der Waals surface area (Å²) in [6.07, 6.45) is 2.97. The number of hydrogen-bond acceptors (Lipinski definition) is 4. The topological polar surface area (TPSA) is 85.0 Å². The van der Waals surface area contributed by atoms with Crippen LogP contribution in [0.5, 0.6) is 0 Å². The second kappa shape index (κ2) is 9.82. The number of benzene rings is 1. The van der Waals surface area contributed by atoms with E-state index in [2.05, 4.69) is 15.5 Å². The van der Waals surface area contributed by atoms with Crippen molar-refractivity contribution >= 4 is 29.2 Å². The lowest BCUT2D eigenvalue weighted by Gasteiger charge is -2.36. The van der Waals surface area contributed by atoms with Gasteiger partial charge in [-0.2, -0.15) is 0 Å². The number of nitrogens with zero attached hydrogens (tertiary/aromatic N) is 3. The third-order valence-electron chi connectivity index (χ3n) is 5.71. The number of carbonyl (C=O) groups excluding carboxylic acids is 3. The highest BCUT2D eigenvalue weighted by atomic mass is 16.2. The fourth-order valence-corrected chi connectivity index (χ4v) is 3.72. The molecule has 2 fully saturated rings. The number of urea groups is 1. The van der Waals surface area contributed by atoms with Gasteiger partial charge in [0.15, 0.2) is 0 Å². The Morgan fingerprint density at radius 2 is 1.70 bits per heavy atom. The first-order chi connectivity index (χ1) is 14.3. The Hall–Kier alpha value is -2.77. The highest BCUT2D eigenvalue weighted by Crippen LogP contribution is 2.27. The molecule has 164 valence electrons. The van der Waals surface area contributed by atoms with Gasteiger partial charge in [-0.15, -0.1) is 0 Å². The van der Waals surface area contributed by atoms with Crippen LogP contribution in [0.2, 0.25) is 0 Å². The molecule has 0 bridgehead atoms. The molecule has 1 saturated heterocycles. The Balaban J connectivity index is 1.45. The molecule has 2 N–H and O–H groups in total. The Bertz CT molecular complexity index is 753. The Kier molecular flexibility index (Phi) is 7.18. The minimum atomic E-state index is -0.192. The van der Waals surface area contributed by atoms with Crippen LogP contribution in [0, 0.1) is 5.92 Å². The molecular formula is C22H33N5O3. The van der Waals surface area contributed by atoms with E-state index in [1.54, 1.807) is 7.05 Å². The molecule has 0 atom stereocenters. The molecule has 1 aliphatic carbocycles. The number of piperazine rings is 1. The molecule has 8 heteroatoms. The van der Waals surface area contributed by atoms with Gasteiger partial charge in [-0.3, -0.25) is 9.59 Å². The van der Waals surface area contributed by atoms with Gasteiger partial charge < -0.3 is 25.3 Å². The van der Waals surface area contributed by atoms with Gasteiger partial charge in [-0.25, -0.2) is 4.79 Å². The first-order valence-electron chi connectivity index (χ1n) is 10.8. The van der Waals surface area contributed by atoms with Gasteiger partial charge in [0.05, 0.1) is 6.54 Å². The van der Waals surface area contributed by atoms with E-state index < -0.39 is 0 Å². The molecule has 1 aliphatic heterocycles. The maximum Gasteiger partial charge on any atom is 0.317 e. The molecular weight excluding hydrogens is 382 g/mol. The predicted molar refractivity (Wildman–Crippen MR) is 118 cm³/mol. The summed E-state index contributed by atoms with van der Waals surface area (Å²) in [4.78, 5) is 42.1. The van der Waals surface area contributed by atoms with Crippen molar-refractivity contribution in [1.82, 2.24) is 15.1 Å². The average molecular weight is 416 g/mol. The first-order valence-corrected chi connectivity index (χ1v) is 10.8. The second-order valence-corrected chi connectivity index (χ2v) is 8.50. The van der Waals surface area contributed by atoms with Crippen molar-refractivity contribution in [3.05, 3.63) is 24.3 Å². The predicted octanol–water partition coefficient (Wildman–Crippen LogP) is 2.12. The first kappa shape index (κ1) is 21.9. The zero-order valence-corrected chi connectivity index (χ0v) is 18.2. The lowest BCUT2D eigenvalue weighted by molar-refractivity contribution is -0.139. The number of anilines is 2. The van der Waals surface area contributed by atoms with Gasteiger partial charge >= 0.3 is 6.03 Å². The van der Waals surface area contributed by atoms with Crippen LogP contribution in [0.4, 0.5) is 16.2 Å². The zero-order chi connectivity index (χ0) is 21.7. The molecule has 0 spiro atoms. The van der Waals surface area contributed by atoms with E-state index in [0.29, 0.717) is 18.8 Å². The third kappa shape index (κ3) is 5.64. The highest BCUT2D eigenvalue weighted by Gasteiger charge is 2.28. The Morgan fingerprint density at radius 3 is 2.23 bits per heavy atom. The largest absolute Gasteiger partial charge is 0.368 e. The Morgan fingerprint density at radius 1 is 1.07 bits per heavy atom. The van der Waals surface area contributed by atoms with Gasteiger partial charge in [-0.05, 0) is 51.0 Å². The van der Waals surface area contributed by atoms with Crippen LogP contribution in [-0.2, 0) is 9.59 Å². The van der Waals surface area contributed by atoms with E-state index in [1.165, 1.54) is 4.90 Å². The maximum absolute atomic E-state index is 12.3. The lowest BCUT2D eigenvalue weighted by Crippen LogP contribution is -2.52. The van der Waals surface area contributed by atoms with E-state index in [4.69, 9.17) is 0 Å². The quantitative estimate of drug-likeness (QED) is 0.745. The smallest absolute Gasteiger partial charge is 0.317 e. The summed E-state index contributed by atoms with van der Waals surface area (Å²) >= 11 is 0. The number of rotatable bonds is 6. The standard InChI is InChI=1S/C22H33N5O3/c1-16(2)23-22(30)27-13-11-26(12-14-27)19-9-7-18(8-10-19)24-20(28)15-25(3)21(29)17-5-4-6-17/h7-10,16-17H,4-6,11-15H2,1-3H3,(H,23,30)(H,24,28). The lowest BCUT2D eigenvalue weighted by atomic mass is 9.84. The number of amides is 4. The fraction of sp³-hybridized carbons (Fsp3) is 0.591. The summed E-state index contributed by atoms with van der Waals surface area (Å²) in [6, 6.07) is 7.82. The summed E-state index contributed by atoms with van der Waals surface area (Å²) in [5, 5.41) is 5.79. The molecule has 3 rings (SSSR count). The van der Waals surface area contributed by atoms with Gasteiger partial charge in [-0.1, -0.05) is 6.42 Å². The second-order valence-electron chi connectivity index (χ2n) is 8.50. The van der Waals surface area contributed by atoms with Crippen molar-refractivity contribution in [1.29, 1.82) is 0 Å². The third-order valence-corrected chi connectivity index (χ3v) is 5.71. The van der Waals surface area contributed by atoms with E-state index >= 15 is 0 Å². The molecule has 4 amide bonds. The van der Waals surface area contributed by atoms with Crippen LogP contribution < -0.4 is 15.5 Å². The normalized spacial score (nSPS) is 16.8. The summed E-state index contributed by atoms with van der Waals surface area (Å²) in [6.45, 7) is 6.88. The number of hydrogen-bond donors (Lipinski definition) is 2. The van der Waals surface area contributed by atoms with Crippen LogP contribution in [0.15, 0.2) is 24.3 Å². The van der Waals surface area contributed by atoms with Crippen molar-refractivity contribution in [2.45, 2.75) is 39.2 Å². The van der Waals surface area contributed by atoms with Crippen molar-refractivity contribution in [3.8, 4) is 0 Å². The van der Waals surface area contributed by atoms with Gasteiger partial charge in [0.2, 0.25) is 11.8 Å². The molecule has 0 aromatic heterocycles. The molecule has 8 nitrogen and oxygen atoms in total. The zero-order valence-electron chi connectivity index (χ0n) is 18.2. The number of carbonyl (C=O) groups is 3. The summed E-state index contributed by atoms with van der Waals surface area (Å²) in [7, 11) is 1.68. The molecule has 0 unspecified atom stereocenters. The van der Waals surface area contributed by atoms with Crippen LogP contribution in [0.1, 0.15) is 33.1 Å². The number of nitrogens with one attached hydrogen (secondary N) is 2. The van der Waals surface area contributed by atoms with Crippen molar-refractivity contribution in [2.75, 3.05) is 50.0 Å². The van der Waals surface area contributed by atoms with Crippen LogP contribution >= 0.6 is 0 Å². The molecule has 0 radical (unpaired) electrons. The highest BCUT2D eigenvalue weighted by molar-refractivity contribution is 5.95. The summed E-state index contributed by atoms with van der Waals surface area (Å²) in [5.74, 6) is -0.0327. The van der Waals surface area contributed by atoms with Crippen molar-refractivity contribution < 1.29 is 14.4 Å². The minimum Gasteiger partial charge on any atom is -0.368 e. The number of likely N-dealkylation sites (N-methyl/N-ethyl adjacent to an activating group) is 1. The molecule has 2 aliphatic rings. The average Bonchev–Trinajstić information content (AvgIpc) is 2.66. The van der Waals surface area contributed by atoms with E-state index in [9.17, 15) is 14.4 Å². The molecule has 30 heavy (non-hydrogen) atoms. The molecule has 1 heterocycles. The maximum atomic E-state index is 12.3. The van der Waals surface area contributed by atoms with Gasteiger partial charge in [0.1, 0.15) is 0 Å². The molecule has 1 aromatic carbocycles. The van der Waals surface area contributed by atoms with Crippen LogP contribution in [0.25, 0.3) is 0 Å². The van der Waals surface area contributed by atoms with Gasteiger partial charge in [0, 0.05) is 56.6 Å². The molecule has 1 saturated carbocycles. The summed E-state index contributed by atoms with van der Waals surface area (Å²) in [5.41, 5.74) is 1.78. The van der Waals surface area contributed by atoms with E-state index in [0.717, 1.165) is 38.0 Å². The van der Waals surface area contributed by atoms with Crippen molar-refractivity contribution in [3.63, 3.8) is 0 Å². The summed E-state index contributed by atoms with van der Waals surface area (Å²) < 4.78 is 0. The Labute approximate surface area is 178 Å². The monoisotopic (exact) mass is 415 g/mol.